The molecule has 22 heavy (non-hydrogen) atoms. The molecule has 1 aromatic carbocycles. The lowest BCUT2D eigenvalue weighted by Gasteiger charge is -2.35. The van der Waals surface area contributed by atoms with Crippen LogP contribution in [0.15, 0.2) is 42.6 Å². The molecule has 0 aliphatic heterocycles. The van der Waals surface area contributed by atoms with Gasteiger partial charge in [-0.2, -0.15) is 0 Å². The van der Waals surface area contributed by atoms with Crippen molar-refractivity contribution in [3.8, 4) is 0 Å². The number of hydrogen-bond acceptors (Lipinski definition) is 2. The van der Waals surface area contributed by atoms with Crippen molar-refractivity contribution >= 4 is 0 Å². The second-order valence-corrected chi connectivity index (χ2v) is 6.40. The van der Waals surface area contributed by atoms with Crippen molar-refractivity contribution in [2.75, 3.05) is 6.54 Å². The predicted molar refractivity (Wildman–Crippen MR) is 91.9 cm³/mol. The Morgan fingerprint density at radius 3 is 2.86 bits per heavy atom. The van der Waals surface area contributed by atoms with Crippen LogP contribution in [0.4, 0.5) is 0 Å². The van der Waals surface area contributed by atoms with Crippen LogP contribution < -0.4 is 0 Å². The third kappa shape index (κ3) is 3.38. The molecule has 1 aliphatic carbocycles. The van der Waals surface area contributed by atoms with Crippen LogP contribution in [0.5, 0.6) is 0 Å². The van der Waals surface area contributed by atoms with E-state index < -0.39 is 0 Å². The summed E-state index contributed by atoms with van der Waals surface area (Å²) in [5, 5.41) is 0. The van der Waals surface area contributed by atoms with Crippen molar-refractivity contribution in [2.24, 2.45) is 0 Å². The SMILES string of the molecule is CCCN(Cc1ccccn1)C1CCc2cccc(C)c2C1. The molecule has 0 fully saturated rings. The molecule has 0 saturated heterocycles. The number of hydrogen-bond donors (Lipinski definition) is 0. The van der Waals surface area contributed by atoms with Gasteiger partial charge in [-0.25, -0.2) is 0 Å². The Bertz CT molecular complexity index is 606. The van der Waals surface area contributed by atoms with Gasteiger partial charge in [-0.1, -0.05) is 31.2 Å². The van der Waals surface area contributed by atoms with E-state index in [1.54, 1.807) is 11.1 Å². The first-order chi connectivity index (χ1) is 10.8. The van der Waals surface area contributed by atoms with Gasteiger partial charge in [-0.3, -0.25) is 9.88 Å². The molecule has 2 aromatic rings. The van der Waals surface area contributed by atoms with E-state index in [1.165, 1.54) is 36.9 Å². The molecule has 2 nitrogen and oxygen atoms in total. The van der Waals surface area contributed by atoms with Crippen molar-refractivity contribution in [1.29, 1.82) is 0 Å². The molecule has 1 aromatic heterocycles. The van der Waals surface area contributed by atoms with Gasteiger partial charge in [0.05, 0.1) is 5.69 Å². The molecule has 0 radical (unpaired) electrons. The van der Waals surface area contributed by atoms with Crippen LogP contribution in [-0.4, -0.2) is 22.5 Å². The van der Waals surface area contributed by atoms with Gasteiger partial charge in [0, 0.05) is 18.8 Å². The molecular weight excluding hydrogens is 268 g/mol. The average Bonchev–Trinajstić information content (AvgIpc) is 2.56. The van der Waals surface area contributed by atoms with Crippen molar-refractivity contribution in [3.05, 3.63) is 65.0 Å². The second-order valence-electron chi connectivity index (χ2n) is 6.40. The number of rotatable bonds is 5. The number of fused-ring (bicyclic) bond motifs is 1. The number of benzene rings is 1. The average molecular weight is 294 g/mol. The molecule has 2 heteroatoms. The van der Waals surface area contributed by atoms with E-state index in [0.29, 0.717) is 6.04 Å². The Morgan fingerprint density at radius 2 is 2.09 bits per heavy atom. The second kappa shape index (κ2) is 7.06. The fourth-order valence-electron chi connectivity index (χ4n) is 3.64. The summed E-state index contributed by atoms with van der Waals surface area (Å²) in [6, 6.07) is 13.6. The topological polar surface area (TPSA) is 16.1 Å². The predicted octanol–water partition coefficient (Wildman–Crippen LogP) is 4.16. The minimum Gasteiger partial charge on any atom is -0.294 e. The zero-order chi connectivity index (χ0) is 15.4. The van der Waals surface area contributed by atoms with Gasteiger partial charge >= 0.3 is 0 Å². The summed E-state index contributed by atoms with van der Waals surface area (Å²) in [6.07, 6.45) is 6.77. The standard InChI is InChI=1S/C20H26N2/c1-3-13-22(15-18-9-4-5-12-21-18)19-11-10-17-8-6-7-16(2)20(17)14-19/h4-9,12,19H,3,10-11,13-15H2,1-2H3. The molecule has 0 N–H and O–H groups in total. The first-order valence-corrected chi connectivity index (χ1v) is 8.49. The lowest BCUT2D eigenvalue weighted by atomic mass is 9.85. The highest BCUT2D eigenvalue weighted by molar-refractivity contribution is 5.37. The highest BCUT2D eigenvalue weighted by Crippen LogP contribution is 2.27. The largest absolute Gasteiger partial charge is 0.294 e. The van der Waals surface area contributed by atoms with Crippen LogP contribution in [0, 0.1) is 6.92 Å². The van der Waals surface area contributed by atoms with Gasteiger partial charge < -0.3 is 0 Å². The normalized spacial score (nSPS) is 17.5. The molecular formula is C20H26N2. The number of aromatic nitrogens is 1. The fraction of sp³-hybridized carbons (Fsp3) is 0.450. The Hall–Kier alpha value is -1.67. The highest BCUT2D eigenvalue weighted by Gasteiger charge is 2.24. The minimum atomic E-state index is 0.649. The van der Waals surface area contributed by atoms with E-state index in [0.717, 1.165) is 13.1 Å². The summed E-state index contributed by atoms with van der Waals surface area (Å²) in [4.78, 5) is 7.15. The maximum atomic E-state index is 4.52. The van der Waals surface area contributed by atoms with E-state index in [9.17, 15) is 0 Å². The molecule has 116 valence electrons. The van der Waals surface area contributed by atoms with Crippen molar-refractivity contribution in [3.63, 3.8) is 0 Å². The van der Waals surface area contributed by atoms with Crippen molar-refractivity contribution in [2.45, 2.75) is 52.1 Å². The highest BCUT2D eigenvalue weighted by atomic mass is 15.2. The third-order valence-electron chi connectivity index (χ3n) is 4.81. The van der Waals surface area contributed by atoms with Crippen LogP contribution in [0.1, 0.15) is 42.1 Å². The van der Waals surface area contributed by atoms with Crippen molar-refractivity contribution < 1.29 is 0 Å². The first-order valence-electron chi connectivity index (χ1n) is 8.49. The molecule has 1 heterocycles. The molecule has 0 saturated carbocycles. The van der Waals surface area contributed by atoms with E-state index in [1.807, 2.05) is 12.3 Å². The lowest BCUT2D eigenvalue weighted by molar-refractivity contribution is 0.169. The van der Waals surface area contributed by atoms with Gasteiger partial charge in [0.2, 0.25) is 0 Å². The molecule has 1 unspecified atom stereocenters. The van der Waals surface area contributed by atoms with Crippen LogP contribution in [0.2, 0.25) is 0 Å². The van der Waals surface area contributed by atoms with Gasteiger partial charge in [0.25, 0.3) is 0 Å². The number of aryl methyl sites for hydroxylation is 2. The molecule has 1 aliphatic rings. The number of nitrogens with zero attached hydrogens (tertiary/aromatic N) is 2. The summed E-state index contributed by atoms with van der Waals surface area (Å²) in [5.41, 5.74) is 5.79. The Labute approximate surface area is 134 Å². The maximum absolute atomic E-state index is 4.52. The quantitative estimate of drug-likeness (QED) is 0.823. The Balaban J connectivity index is 1.77. The Morgan fingerprint density at radius 1 is 1.18 bits per heavy atom. The van der Waals surface area contributed by atoms with E-state index in [2.05, 4.69) is 54.1 Å². The zero-order valence-electron chi connectivity index (χ0n) is 13.8. The van der Waals surface area contributed by atoms with Crippen LogP contribution >= 0.6 is 0 Å². The summed E-state index contributed by atoms with van der Waals surface area (Å²) < 4.78 is 0. The number of pyridine rings is 1. The van der Waals surface area contributed by atoms with E-state index in [-0.39, 0.29) is 0 Å². The summed E-state index contributed by atoms with van der Waals surface area (Å²) in [7, 11) is 0. The summed E-state index contributed by atoms with van der Waals surface area (Å²) in [6.45, 7) is 6.65. The third-order valence-corrected chi connectivity index (χ3v) is 4.81. The van der Waals surface area contributed by atoms with Gasteiger partial charge in [-0.15, -0.1) is 0 Å². The zero-order valence-corrected chi connectivity index (χ0v) is 13.8. The first kappa shape index (κ1) is 15.2. The molecule has 0 amide bonds. The van der Waals surface area contributed by atoms with Gasteiger partial charge in [0.15, 0.2) is 0 Å². The summed E-state index contributed by atoms with van der Waals surface area (Å²) >= 11 is 0. The lowest BCUT2D eigenvalue weighted by Crippen LogP contribution is -2.39. The fourth-order valence-corrected chi connectivity index (χ4v) is 3.64. The minimum absolute atomic E-state index is 0.649. The van der Waals surface area contributed by atoms with E-state index in [4.69, 9.17) is 0 Å². The van der Waals surface area contributed by atoms with Crippen LogP contribution in [-0.2, 0) is 19.4 Å². The Kier molecular flexibility index (Phi) is 4.89. The van der Waals surface area contributed by atoms with E-state index >= 15 is 0 Å². The molecule has 1 atom stereocenters. The molecule has 0 spiro atoms. The smallest absolute Gasteiger partial charge is 0.0544 e. The summed E-state index contributed by atoms with van der Waals surface area (Å²) in [5.74, 6) is 0. The molecule has 0 bridgehead atoms. The maximum Gasteiger partial charge on any atom is 0.0544 e. The molecule has 3 rings (SSSR count). The van der Waals surface area contributed by atoms with Gasteiger partial charge in [-0.05, 0) is 68.0 Å². The van der Waals surface area contributed by atoms with Gasteiger partial charge in [0.1, 0.15) is 0 Å². The van der Waals surface area contributed by atoms with Crippen LogP contribution in [0.3, 0.4) is 0 Å². The van der Waals surface area contributed by atoms with Crippen molar-refractivity contribution in [1.82, 2.24) is 9.88 Å². The van der Waals surface area contributed by atoms with Crippen LogP contribution in [0.25, 0.3) is 0 Å². The monoisotopic (exact) mass is 294 g/mol.